The zero-order chi connectivity index (χ0) is 20.2. The third kappa shape index (κ3) is 2.78. The van der Waals surface area contributed by atoms with Gasteiger partial charge in [-0.2, -0.15) is 10.1 Å². The average molecular weight is 420 g/mol. The highest BCUT2D eigenvalue weighted by Gasteiger charge is 2.52. The first-order valence-electron chi connectivity index (χ1n) is 9.40. The van der Waals surface area contributed by atoms with Gasteiger partial charge in [0.15, 0.2) is 5.82 Å². The Bertz CT molecular complexity index is 1380. The van der Waals surface area contributed by atoms with E-state index in [9.17, 15) is 4.79 Å². The standard InChI is InChI=1S/C20H14ClN7O2/c21-11-3-5-23-16(6-11)27-8-13-14(9-27)18(13)19-25-17(30-26-19)10-28-20(29)12-2-1-4-22-15(12)7-24-28/h1-8,14,18H,9-10H2/t14-,18-/m1/s1. The van der Waals surface area contributed by atoms with Crippen LogP contribution in [0.1, 0.15) is 17.6 Å². The maximum Gasteiger partial charge on any atom is 0.276 e. The van der Waals surface area contributed by atoms with E-state index >= 15 is 0 Å². The predicted octanol–water partition coefficient (Wildman–Crippen LogP) is 2.39. The molecule has 1 saturated carbocycles. The van der Waals surface area contributed by atoms with Crippen LogP contribution in [0.3, 0.4) is 0 Å². The van der Waals surface area contributed by atoms with Crippen LogP contribution in [-0.2, 0) is 6.54 Å². The van der Waals surface area contributed by atoms with Crippen molar-refractivity contribution in [3.8, 4) is 0 Å². The van der Waals surface area contributed by atoms with Gasteiger partial charge in [0.2, 0.25) is 5.89 Å². The van der Waals surface area contributed by atoms with Gasteiger partial charge >= 0.3 is 0 Å². The van der Waals surface area contributed by atoms with Crippen molar-refractivity contribution in [1.29, 1.82) is 0 Å². The number of hydrogen-bond acceptors (Lipinski definition) is 8. The Morgan fingerprint density at radius 1 is 1.23 bits per heavy atom. The highest BCUT2D eigenvalue weighted by atomic mass is 35.5. The molecule has 4 aromatic rings. The third-order valence-corrected chi connectivity index (χ3v) is 5.69. The van der Waals surface area contributed by atoms with Crippen LogP contribution in [0, 0.1) is 5.92 Å². The number of aromatic nitrogens is 6. The second kappa shape index (κ2) is 6.46. The number of fused-ring (bicyclic) bond motifs is 2. The summed E-state index contributed by atoms with van der Waals surface area (Å²) < 4.78 is 6.69. The van der Waals surface area contributed by atoms with Gasteiger partial charge in [0.1, 0.15) is 12.4 Å². The summed E-state index contributed by atoms with van der Waals surface area (Å²) in [5, 5.41) is 9.44. The second-order valence-corrected chi connectivity index (χ2v) is 7.72. The molecule has 1 fully saturated rings. The van der Waals surface area contributed by atoms with Gasteiger partial charge in [-0.05, 0) is 29.8 Å². The molecule has 30 heavy (non-hydrogen) atoms. The van der Waals surface area contributed by atoms with Crippen LogP contribution in [0.2, 0.25) is 5.02 Å². The Morgan fingerprint density at radius 3 is 3.00 bits per heavy atom. The van der Waals surface area contributed by atoms with E-state index < -0.39 is 0 Å². The van der Waals surface area contributed by atoms with Crippen molar-refractivity contribution in [2.45, 2.75) is 12.5 Å². The second-order valence-electron chi connectivity index (χ2n) is 7.29. The van der Waals surface area contributed by atoms with E-state index in [0.717, 1.165) is 12.4 Å². The molecule has 9 nitrogen and oxygen atoms in total. The molecule has 5 heterocycles. The summed E-state index contributed by atoms with van der Waals surface area (Å²) in [6.45, 7) is 0.918. The Hall–Kier alpha value is -3.59. The molecular formula is C20H14ClN7O2. The fourth-order valence-electron chi connectivity index (χ4n) is 3.93. The fraction of sp³-hybridized carbons (Fsp3) is 0.200. The molecule has 148 valence electrons. The number of halogens is 1. The lowest BCUT2D eigenvalue weighted by atomic mass is 10.2. The Kier molecular flexibility index (Phi) is 3.72. The first kappa shape index (κ1) is 17.3. The van der Waals surface area contributed by atoms with Crippen LogP contribution >= 0.6 is 11.6 Å². The Labute approximate surface area is 174 Å². The maximum absolute atomic E-state index is 12.6. The summed E-state index contributed by atoms with van der Waals surface area (Å²) in [5.41, 5.74) is 1.56. The van der Waals surface area contributed by atoms with Crippen LogP contribution in [-0.4, -0.2) is 36.4 Å². The van der Waals surface area contributed by atoms with Gasteiger partial charge in [0, 0.05) is 36.1 Å². The number of anilines is 1. The molecule has 0 N–H and O–H groups in total. The molecule has 2 aliphatic rings. The number of nitrogens with zero attached hydrogens (tertiary/aromatic N) is 7. The molecule has 0 saturated heterocycles. The van der Waals surface area contributed by atoms with Gasteiger partial charge in [-0.3, -0.25) is 9.78 Å². The van der Waals surface area contributed by atoms with Crippen LogP contribution in [0.4, 0.5) is 5.82 Å². The van der Waals surface area contributed by atoms with Crippen molar-refractivity contribution in [2.24, 2.45) is 5.92 Å². The van der Waals surface area contributed by atoms with E-state index in [0.29, 0.717) is 33.6 Å². The first-order chi connectivity index (χ1) is 14.7. The molecule has 4 aromatic heterocycles. The molecule has 2 atom stereocenters. The molecule has 0 unspecified atom stereocenters. The smallest absolute Gasteiger partial charge is 0.276 e. The minimum Gasteiger partial charge on any atom is -0.337 e. The summed E-state index contributed by atoms with van der Waals surface area (Å²) in [4.78, 5) is 27.7. The van der Waals surface area contributed by atoms with Crippen molar-refractivity contribution in [1.82, 2.24) is 29.9 Å². The van der Waals surface area contributed by atoms with Gasteiger partial charge in [0.25, 0.3) is 5.56 Å². The molecule has 0 bridgehead atoms. The largest absolute Gasteiger partial charge is 0.337 e. The number of pyridine rings is 2. The summed E-state index contributed by atoms with van der Waals surface area (Å²) in [7, 11) is 0. The van der Waals surface area contributed by atoms with Gasteiger partial charge in [-0.15, -0.1) is 0 Å². The monoisotopic (exact) mass is 419 g/mol. The van der Waals surface area contributed by atoms with Crippen LogP contribution < -0.4 is 10.5 Å². The van der Waals surface area contributed by atoms with E-state index in [4.69, 9.17) is 16.1 Å². The van der Waals surface area contributed by atoms with Gasteiger partial charge in [-0.25, -0.2) is 9.67 Å². The van der Waals surface area contributed by atoms with Crippen molar-refractivity contribution in [2.75, 3.05) is 11.4 Å². The Morgan fingerprint density at radius 2 is 2.17 bits per heavy atom. The quantitative estimate of drug-likeness (QED) is 0.496. The maximum atomic E-state index is 12.6. The fourth-order valence-corrected chi connectivity index (χ4v) is 4.08. The van der Waals surface area contributed by atoms with Gasteiger partial charge in [-0.1, -0.05) is 16.8 Å². The van der Waals surface area contributed by atoms with Crippen molar-refractivity contribution in [3.05, 3.63) is 81.7 Å². The molecule has 0 aromatic carbocycles. The summed E-state index contributed by atoms with van der Waals surface area (Å²) in [6.07, 6.45) is 6.96. The molecule has 10 heteroatoms. The summed E-state index contributed by atoms with van der Waals surface area (Å²) in [6, 6.07) is 7.04. The lowest BCUT2D eigenvalue weighted by Crippen LogP contribution is -2.23. The first-order valence-corrected chi connectivity index (χ1v) is 9.78. The van der Waals surface area contributed by atoms with E-state index in [1.165, 1.54) is 10.3 Å². The van der Waals surface area contributed by atoms with Gasteiger partial charge < -0.3 is 9.42 Å². The van der Waals surface area contributed by atoms with Crippen molar-refractivity contribution < 1.29 is 4.52 Å². The lowest BCUT2D eigenvalue weighted by molar-refractivity contribution is 0.358. The number of hydrogen-bond donors (Lipinski definition) is 0. The SMILES string of the molecule is O=c1c2cccnc2cnn1Cc1nc([C@@H]2C3=CN(c4cc(Cl)ccn4)C[C@H]32)no1. The zero-order valence-electron chi connectivity index (χ0n) is 15.5. The average Bonchev–Trinajstić information content (AvgIpc) is 3.10. The predicted molar refractivity (Wildman–Crippen MR) is 108 cm³/mol. The van der Waals surface area contributed by atoms with E-state index in [2.05, 4.69) is 36.3 Å². The number of rotatable bonds is 4. The summed E-state index contributed by atoms with van der Waals surface area (Å²) >= 11 is 6.06. The van der Waals surface area contributed by atoms with Crippen LogP contribution in [0.15, 0.2) is 63.9 Å². The molecule has 0 amide bonds. The minimum absolute atomic E-state index is 0.117. The highest BCUT2D eigenvalue weighted by molar-refractivity contribution is 6.30. The zero-order valence-corrected chi connectivity index (χ0v) is 16.3. The van der Waals surface area contributed by atoms with E-state index in [1.54, 1.807) is 36.8 Å². The van der Waals surface area contributed by atoms with Crippen LogP contribution in [0.5, 0.6) is 0 Å². The highest BCUT2D eigenvalue weighted by Crippen LogP contribution is 2.56. The minimum atomic E-state index is -0.240. The van der Waals surface area contributed by atoms with Crippen molar-refractivity contribution >= 4 is 28.3 Å². The Balaban J connectivity index is 1.21. The van der Waals surface area contributed by atoms with Crippen molar-refractivity contribution in [3.63, 3.8) is 0 Å². The topological polar surface area (TPSA) is 103 Å². The molecule has 0 spiro atoms. The lowest BCUT2D eigenvalue weighted by Gasteiger charge is -2.16. The van der Waals surface area contributed by atoms with E-state index in [-0.39, 0.29) is 18.0 Å². The van der Waals surface area contributed by atoms with Crippen LogP contribution in [0.25, 0.3) is 10.9 Å². The van der Waals surface area contributed by atoms with E-state index in [1.807, 2.05) is 6.07 Å². The molecule has 6 rings (SSSR count). The summed E-state index contributed by atoms with van der Waals surface area (Å²) in [5.74, 6) is 2.29. The molecule has 1 aliphatic carbocycles. The molecule has 0 radical (unpaired) electrons. The molecule has 1 aliphatic heterocycles. The normalized spacial score (nSPS) is 19.8. The van der Waals surface area contributed by atoms with Gasteiger partial charge in [0.05, 0.1) is 23.0 Å². The molecular weight excluding hydrogens is 406 g/mol. The third-order valence-electron chi connectivity index (χ3n) is 5.45.